The summed E-state index contributed by atoms with van der Waals surface area (Å²) >= 11 is 0. The molecule has 0 radical (unpaired) electrons. The molecule has 0 spiro atoms. The minimum Gasteiger partial charge on any atom is -0.493 e. The number of rotatable bonds is 7. The van der Waals surface area contributed by atoms with Crippen molar-refractivity contribution in [2.75, 3.05) is 38.4 Å². The first-order valence-corrected chi connectivity index (χ1v) is 9.36. The van der Waals surface area contributed by atoms with Crippen molar-refractivity contribution in [3.8, 4) is 17.2 Å². The van der Waals surface area contributed by atoms with Gasteiger partial charge in [-0.15, -0.1) is 0 Å². The molecule has 142 valence electrons. The zero-order valence-corrected chi connectivity index (χ0v) is 16.5. The van der Waals surface area contributed by atoms with Gasteiger partial charge in [0.05, 0.1) is 33.3 Å². The Morgan fingerprint density at radius 2 is 1.56 bits per heavy atom. The summed E-state index contributed by atoms with van der Waals surface area (Å²) in [6.07, 6.45) is 1.03. The fourth-order valence-electron chi connectivity index (χ4n) is 2.20. The van der Waals surface area contributed by atoms with Crippen molar-refractivity contribution in [1.29, 1.82) is 0 Å². The number of anilines is 1. The van der Waals surface area contributed by atoms with Gasteiger partial charge in [0.25, 0.3) is 0 Å². The van der Waals surface area contributed by atoms with E-state index >= 15 is 0 Å². The SMILES string of the molecule is COc1cc(N(CC(=O)NC(C)(C)C)S(C)(=O)=O)cc(OC)c1OC. The number of amides is 1. The fourth-order valence-corrected chi connectivity index (χ4v) is 3.04. The van der Waals surface area contributed by atoms with Crippen LogP contribution in [0.25, 0.3) is 0 Å². The van der Waals surface area contributed by atoms with E-state index in [0.29, 0.717) is 17.2 Å². The predicted molar refractivity (Wildman–Crippen MR) is 96.2 cm³/mol. The van der Waals surface area contributed by atoms with E-state index < -0.39 is 21.5 Å². The van der Waals surface area contributed by atoms with Crippen LogP contribution in [0.15, 0.2) is 12.1 Å². The van der Waals surface area contributed by atoms with Crippen molar-refractivity contribution < 1.29 is 27.4 Å². The zero-order valence-electron chi connectivity index (χ0n) is 15.7. The molecule has 0 aliphatic rings. The summed E-state index contributed by atoms with van der Waals surface area (Å²) in [6, 6.07) is 2.96. The molecule has 0 aromatic heterocycles. The average Bonchev–Trinajstić information content (AvgIpc) is 2.48. The summed E-state index contributed by atoms with van der Waals surface area (Å²) in [5.41, 5.74) is -0.240. The lowest BCUT2D eigenvalue weighted by Crippen LogP contribution is -2.47. The smallest absolute Gasteiger partial charge is 0.241 e. The van der Waals surface area contributed by atoms with Crippen LogP contribution in [0.1, 0.15) is 20.8 Å². The Kier molecular flexibility index (Phi) is 6.53. The van der Waals surface area contributed by atoms with Gasteiger partial charge in [-0.3, -0.25) is 9.10 Å². The van der Waals surface area contributed by atoms with Crippen molar-refractivity contribution >= 4 is 21.6 Å². The number of nitrogens with one attached hydrogen (secondary N) is 1. The first-order chi connectivity index (χ1) is 11.4. The monoisotopic (exact) mass is 374 g/mol. The Morgan fingerprint density at radius 3 is 1.88 bits per heavy atom. The molecule has 0 heterocycles. The Balaban J connectivity index is 3.36. The Labute approximate surface area is 149 Å². The molecule has 0 saturated heterocycles. The summed E-state index contributed by atoms with van der Waals surface area (Å²) in [7, 11) is 0.589. The summed E-state index contributed by atoms with van der Waals surface area (Å²) < 4.78 is 41.1. The second-order valence-corrected chi connectivity index (χ2v) is 8.36. The number of hydrogen-bond acceptors (Lipinski definition) is 6. The maximum Gasteiger partial charge on any atom is 0.241 e. The molecule has 0 aliphatic heterocycles. The van der Waals surface area contributed by atoms with Crippen LogP contribution in [0.3, 0.4) is 0 Å². The lowest BCUT2D eigenvalue weighted by molar-refractivity contribution is -0.121. The number of nitrogens with zero attached hydrogens (tertiary/aromatic N) is 1. The number of carbonyl (C=O) groups excluding carboxylic acids is 1. The van der Waals surface area contributed by atoms with Gasteiger partial charge in [0, 0.05) is 17.7 Å². The second kappa shape index (κ2) is 7.81. The molecule has 1 N–H and O–H groups in total. The average molecular weight is 374 g/mol. The quantitative estimate of drug-likeness (QED) is 0.775. The van der Waals surface area contributed by atoms with E-state index in [4.69, 9.17) is 14.2 Å². The van der Waals surface area contributed by atoms with Crippen LogP contribution in [-0.2, 0) is 14.8 Å². The summed E-state index contributed by atoms with van der Waals surface area (Å²) in [6.45, 7) is 5.08. The van der Waals surface area contributed by atoms with Gasteiger partial charge >= 0.3 is 0 Å². The standard InChI is InChI=1S/C16H26N2O6S/c1-16(2,3)17-14(19)10-18(25(7,20)21)11-8-12(22-4)15(24-6)13(9-11)23-5/h8-9H,10H2,1-7H3,(H,17,19). The Bertz CT molecular complexity index is 700. The van der Waals surface area contributed by atoms with Crippen LogP contribution in [0.2, 0.25) is 0 Å². The van der Waals surface area contributed by atoms with Gasteiger partial charge in [-0.2, -0.15) is 0 Å². The molecular weight excluding hydrogens is 348 g/mol. The van der Waals surface area contributed by atoms with Crippen LogP contribution in [-0.4, -0.2) is 54.0 Å². The lowest BCUT2D eigenvalue weighted by Gasteiger charge is -2.26. The van der Waals surface area contributed by atoms with Crippen LogP contribution in [0.5, 0.6) is 17.2 Å². The molecule has 0 aliphatic carbocycles. The highest BCUT2D eigenvalue weighted by molar-refractivity contribution is 7.92. The number of hydrogen-bond donors (Lipinski definition) is 1. The number of ether oxygens (including phenoxy) is 3. The van der Waals surface area contributed by atoms with E-state index in [9.17, 15) is 13.2 Å². The van der Waals surface area contributed by atoms with Crippen molar-refractivity contribution in [1.82, 2.24) is 5.32 Å². The van der Waals surface area contributed by atoms with Gasteiger partial charge < -0.3 is 19.5 Å². The molecule has 0 atom stereocenters. The molecule has 1 rings (SSSR count). The summed E-state index contributed by atoms with van der Waals surface area (Å²) in [4.78, 5) is 12.2. The van der Waals surface area contributed by atoms with Gasteiger partial charge in [0.2, 0.25) is 21.7 Å². The number of benzene rings is 1. The zero-order chi connectivity index (χ0) is 19.4. The van der Waals surface area contributed by atoms with Crippen molar-refractivity contribution in [3.63, 3.8) is 0 Å². The maximum atomic E-state index is 12.2. The van der Waals surface area contributed by atoms with Gasteiger partial charge in [-0.25, -0.2) is 8.42 Å². The molecule has 9 heteroatoms. The summed E-state index contributed by atoms with van der Waals surface area (Å²) in [5.74, 6) is 0.497. The highest BCUT2D eigenvalue weighted by atomic mass is 32.2. The van der Waals surface area contributed by atoms with Crippen LogP contribution < -0.4 is 23.8 Å². The fraction of sp³-hybridized carbons (Fsp3) is 0.562. The molecule has 0 unspecified atom stereocenters. The number of methoxy groups -OCH3 is 3. The van der Waals surface area contributed by atoms with E-state index in [-0.39, 0.29) is 12.2 Å². The topological polar surface area (TPSA) is 94.2 Å². The van der Waals surface area contributed by atoms with Crippen molar-refractivity contribution in [2.45, 2.75) is 26.3 Å². The predicted octanol–water partition coefficient (Wildman–Crippen LogP) is 1.39. The number of carbonyl (C=O) groups is 1. The Hall–Kier alpha value is -2.16. The van der Waals surface area contributed by atoms with E-state index in [1.807, 2.05) is 20.8 Å². The molecule has 1 aromatic rings. The van der Waals surface area contributed by atoms with Gasteiger partial charge in [0.1, 0.15) is 6.54 Å². The third-order valence-corrected chi connectivity index (χ3v) is 4.28. The number of sulfonamides is 1. The molecule has 1 amide bonds. The third kappa shape index (κ3) is 5.70. The highest BCUT2D eigenvalue weighted by Gasteiger charge is 2.26. The molecule has 8 nitrogen and oxygen atoms in total. The van der Waals surface area contributed by atoms with E-state index in [0.717, 1.165) is 10.6 Å². The van der Waals surface area contributed by atoms with Crippen LogP contribution >= 0.6 is 0 Å². The van der Waals surface area contributed by atoms with E-state index in [1.54, 1.807) is 0 Å². The molecule has 1 aromatic carbocycles. The van der Waals surface area contributed by atoms with Crippen molar-refractivity contribution in [2.24, 2.45) is 0 Å². The third-order valence-electron chi connectivity index (χ3n) is 3.14. The van der Waals surface area contributed by atoms with Gasteiger partial charge in [-0.1, -0.05) is 0 Å². The molecule has 0 fully saturated rings. The molecular formula is C16H26N2O6S. The van der Waals surface area contributed by atoms with Gasteiger partial charge in [-0.05, 0) is 20.8 Å². The Morgan fingerprint density at radius 1 is 1.08 bits per heavy atom. The van der Waals surface area contributed by atoms with E-state index in [1.165, 1.54) is 33.5 Å². The van der Waals surface area contributed by atoms with E-state index in [2.05, 4.69) is 5.32 Å². The lowest BCUT2D eigenvalue weighted by atomic mass is 10.1. The minimum atomic E-state index is -3.72. The van der Waals surface area contributed by atoms with Gasteiger partial charge in [0.15, 0.2) is 11.5 Å². The molecule has 25 heavy (non-hydrogen) atoms. The summed E-state index contributed by atoms with van der Waals surface area (Å²) in [5, 5.41) is 2.74. The largest absolute Gasteiger partial charge is 0.493 e. The maximum absolute atomic E-state index is 12.2. The molecule has 0 saturated carbocycles. The second-order valence-electron chi connectivity index (χ2n) is 6.45. The normalized spacial score (nSPS) is 11.6. The van der Waals surface area contributed by atoms with Crippen molar-refractivity contribution in [3.05, 3.63) is 12.1 Å². The first kappa shape index (κ1) is 20.9. The first-order valence-electron chi connectivity index (χ1n) is 7.51. The van der Waals surface area contributed by atoms with Crippen LogP contribution in [0.4, 0.5) is 5.69 Å². The van der Waals surface area contributed by atoms with Crippen LogP contribution in [0, 0.1) is 0 Å². The highest BCUT2D eigenvalue weighted by Crippen LogP contribution is 2.41. The molecule has 0 bridgehead atoms. The minimum absolute atomic E-state index is 0.237.